The molecule has 0 aliphatic carbocycles. The van der Waals surface area contributed by atoms with Crippen molar-refractivity contribution in [2.75, 3.05) is 0 Å². The van der Waals surface area contributed by atoms with Crippen molar-refractivity contribution in [3.8, 4) is 11.4 Å². The second-order valence-electron chi connectivity index (χ2n) is 5.55. The summed E-state index contributed by atoms with van der Waals surface area (Å²) >= 11 is 5.90. The highest BCUT2D eigenvalue weighted by molar-refractivity contribution is 6.30. The van der Waals surface area contributed by atoms with Gasteiger partial charge in [-0.25, -0.2) is 4.98 Å². The molecule has 2 heterocycles. The highest BCUT2D eigenvalue weighted by Crippen LogP contribution is 2.22. The molecule has 0 radical (unpaired) electrons. The van der Waals surface area contributed by atoms with Gasteiger partial charge in [-0.1, -0.05) is 28.9 Å². The Morgan fingerprint density at radius 1 is 1.12 bits per heavy atom. The Morgan fingerprint density at radius 2 is 1.96 bits per heavy atom. The molecule has 0 aliphatic rings. The molecule has 0 fully saturated rings. The van der Waals surface area contributed by atoms with Gasteiger partial charge in [0.15, 0.2) is 0 Å². The van der Waals surface area contributed by atoms with Gasteiger partial charge in [-0.3, -0.25) is 0 Å². The number of aromatic nitrogens is 4. The first-order chi connectivity index (χ1) is 11.7. The predicted octanol–water partition coefficient (Wildman–Crippen LogP) is 4.35. The monoisotopic (exact) mass is 338 g/mol. The van der Waals surface area contributed by atoms with Crippen LogP contribution in [-0.4, -0.2) is 19.7 Å². The zero-order valence-corrected chi connectivity index (χ0v) is 13.9. The SMILES string of the molecule is CCn1cnc2cc(-c3noc(Cc4ccc(Cl)cc4)n3)ccc21. The summed E-state index contributed by atoms with van der Waals surface area (Å²) < 4.78 is 7.47. The number of nitrogens with zero attached hydrogens (tertiary/aromatic N) is 4. The minimum atomic E-state index is 0.575. The van der Waals surface area contributed by atoms with Gasteiger partial charge in [-0.05, 0) is 42.8 Å². The van der Waals surface area contributed by atoms with Gasteiger partial charge in [0.1, 0.15) is 0 Å². The maximum absolute atomic E-state index is 5.90. The summed E-state index contributed by atoms with van der Waals surface area (Å²) in [5.41, 5.74) is 4.01. The molecule has 4 rings (SSSR count). The van der Waals surface area contributed by atoms with E-state index in [1.54, 1.807) is 0 Å². The number of rotatable bonds is 4. The minimum Gasteiger partial charge on any atom is -0.339 e. The summed E-state index contributed by atoms with van der Waals surface area (Å²) in [6, 6.07) is 13.6. The third kappa shape index (κ3) is 2.78. The van der Waals surface area contributed by atoms with Crippen LogP contribution >= 0.6 is 11.6 Å². The van der Waals surface area contributed by atoms with Crippen molar-refractivity contribution in [1.82, 2.24) is 19.7 Å². The van der Waals surface area contributed by atoms with Gasteiger partial charge in [0.05, 0.1) is 23.8 Å². The summed E-state index contributed by atoms with van der Waals surface area (Å²) in [5.74, 6) is 1.15. The molecule has 2 aromatic heterocycles. The fraction of sp³-hybridized carbons (Fsp3) is 0.167. The van der Waals surface area contributed by atoms with E-state index in [1.165, 1.54) is 0 Å². The van der Waals surface area contributed by atoms with E-state index in [2.05, 4.69) is 26.6 Å². The van der Waals surface area contributed by atoms with Crippen molar-refractivity contribution in [2.45, 2.75) is 19.9 Å². The lowest BCUT2D eigenvalue weighted by molar-refractivity contribution is 0.385. The molecule has 120 valence electrons. The lowest BCUT2D eigenvalue weighted by atomic mass is 10.1. The maximum atomic E-state index is 5.90. The summed E-state index contributed by atoms with van der Waals surface area (Å²) in [6.07, 6.45) is 2.42. The molecule has 2 aromatic carbocycles. The largest absolute Gasteiger partial charge is 0.339 e. The first-order valence-electron chi connectivity index (χ1n) is 7.75. The molecule has 0 amide bonds. The normalized spacial score (nSPS) is 11.2. The molecule has 0 saturated carbocycles. The van der Waals surface area contributed by atoms with Crippen LogP contribution in [0.3, 0.4) is 0 Å². The number of hydrogen-bond donors (Lipinski definition) is 0. The predicted molar refractivity (Wildman–Crippen MR) is 93.0 cm³/mol. The quantitative estimate of drug-likeness (QED) is 0.555. The average Bonchev–Trinajstić information content (AvgIpc) is 3.23. The standard InChI is InChI=1S/C18H15ClN4O/c1-2-23-11-20-15-10-13(5-8-16(15)23)18-21-17(24-22-18)9-12-3-6-14(19)7-4-12/h3-8,10-11H,2,9H2,1H3. The Balaban J connectivity index is 1.61. The van der Waals surface area contributed by atoms with Gasteiger partial charge in [-0.2, -0.15) is 4.98 Å². The lowest BCUT2D eigenvalue weighted by Crippen LogP contribution is -1.90. The van der Waals surface area contributed by atoms with Crippen LogP contribution in [0.5, 0.6) is 0 Å². The highest BCUT2D eigenvalue weighted by atomic mass is 35.5. The number of benzene rings is 2. The summed E-state index contributed by atoms with van der Waals surface area (Å²) in [5, 5.41) is 4.80. The Kier molecular flexibility index (Phi) is 3.78. The van der Waals surface area contributed by atoms with Gasteiger partial charge in [0.25, 0.3) is 0 Å². The third-order valence-electron chi connectivity index (χ3n) is 3.96. The Hall–Kier alpha value is -2.66. The van der Waals surface area contributed by atoms with Crippen LogP contribution < -0.4 is 0 Å². The van der Waals surface area contributed by atoms with Crippen LogP contribution in [0.4, 0.5) is 0 Å². The van der Waals surface area contributed by atoms with Crippen LogP contribution in [0.15, 0.2) is 53.3 Å². The molecular formula is C18H15ClN4O. The highest BCUT2D eigenvalue weighted by Gasteiger charge is 2.11. The van der Waals surface area contributed by atoms with Gasteiger partial charge in [-0.15, -0.1) is 0 Å². The van der Waals surface area contributed by atoms with Crippen molar-refractivity contribution in [3.05, 3.63) is 65.3 Å². The fourth-order valence-electron chi connectivity index (χ4n) is 2.68. The van der Waals surface area contributed by atoms with Crippen LogP contribution in [0.2, 0.25) is 5.02 Å². The van der Waals surface area contributed by atoms with Gasteiger partial charge >= 0.3 is 0 Å². The van der Waals surface area contributed by atoms with E-state index < -0.39 is 0 Å². The van der Waals surface area contributed by atoms with E-state index in [9.17, 15) is 0 Å². The molecule has 0 spiro atoms. The van der Waals surface area contributed by atoms with E-state index in [4.69, 9.17) is 16.1 Å². The van der Waals surface area contributed by atoms with Crippen LogP contribution in [-0.2, 0) is 13.0 Å². The number of hydrogen-bond acceptors (Lipinski definition) is 4. The van der Waals surface area contributed by atoms with Crippen LogP contribution in [0.1, 0.15) is 18.4 Å². The summed E-state index contributed by atoms with van der Waals surface area (Å²) in [7, 11) is 0. The second kappa shape index (κ2) is 6.09. The lowest BCUT2D eigenvalue weighted by Gasteiger charge is -1.99. The number of imidazole rings is 1. The van der Waals surface area contributed by atoms with Crippen molar-refractivity contribution in [2.24, 2.45) is 0 Å². The summed E-state index contributed by atoms with van der Waals surface area (Å²) in [6.45, 7) is 2.99. The molecule has 24 heavy (non-hydrogen) atoms. The van der Waals surface area contributed by atoms with E-state index in [1.807, 2.05) is 48.8 Å². The Bertz CT molecular complexity index is 988. The van der Waals surface area contributed by atoms with E-state index in [-0.39, 0.29) is 0 Å². The number of halogens is 1. The maximum Gasteiger partial charge on any atom is 0.231 e. The van der Waals surface area contributed by atoms with Gasteiger partial charge in [0.2, 0.25) is 11.7 Å². The third-order valence-corrected chi connectivity index (χ3v) is 4.21. The molecular weight excluding hydrogens is 324 g/mol. The average molecular weight is 339 g/mol. The number of aryl methyl sites for hydroxylation is 1. The minimum absolute atomic E-state index is 0.575. The topological polar surface area (TPSA) is 56.7 Å². The first-order valence-corrected chi connectivity index (χ1v) is 8.13. The van der Waals surface area contributed by atoms with E-state index >= 15 is 0 Å². The zero-order chi connectivity index (χ0) is 16.5. The van der Waals surface area contributed by atoms with Crippen molar-refractivity contribution in [1.29, 1.82) is 0 Å². The van der Waals surface area contributed by atoms with Crippen LogP contribution in [0, 0.1) is 0 Å². The van der Waals surface area contributed by atoms with Crippen LogP contribution in [0.25, 0.3) is 22.4 Å². The Labute approximate surface area is 143 Å². The van der Waals surface area contributed by atoms with Crippen molar-refractivity contribution < 1.29 is 4.52 Å². The molecule has 0 unspecified atom stereocenters. The molecule has 0 bridgehead atoms. The fourth-order valence-corrected chi connectivity index (χ4v) is 2.80. The van der Waals surface area contributed by atoms with E-state index in [0.29, 0.717) is 23.2 Å². The number of fused-ring (bicyclic) bond motifs is 1. The molecule has 0 N–H and O–H groups in total. The van der Waals surface area contributed by atoms with Crippen molar-refractivity contribution >= 4 is 22.6 Å². The zero-order valence-electron chi connectivity index (χ0n) is 13.1. The smallest absolute Gasteiger partial charge is 0.231 e. The Morgan fingerprint density at radius 3 is 2.75 bits per heavy atom. The summed E-state index contributed by atoms with van der Waals surface area (Å²) in [4.78, 5) is 8.91. The molecule has 5 nitrogen and oxygen atoms in total. The van der Waals surface area contributed by atoms with Gasteiger partial charge < -0.3 is 9.09 Å². The van der Waals surface area contributed by atoms with E-state index in [0.717, 1.165) is 28.7 Å². The molecule has 0 atom stereocenters. The molecule has 0 saturated heterocycles. The first kappa shape index (κ1) is 14.9. The van der Waals surface area contributed by atoms with Gasteiger partial charge in [0, 0.05) is 17.1 Å². The molecule has 0 aliphatic heterocycles. The second-order valence-corrected chi connectivity index (χ2v) is 5.99. The van der Waals surface area contributed by atoms with Crippen molar-refractivity contribution in [3.63, 3.8) is 0 Å². The molecule has 4 aromatic rings. The molecule has 6 heteroatoms.